The first kappa shape index (κ1) is 17.4. The van der Waals surface area contributed by atoms with E-state index in [9.17, 15) is 17.6 Å². The number of nitrogens with zero attached hydrogens (tertiary/aromatic N) is 3. The Kier molecular flexibility index (Phi) is 4.58. The fraction of sp³-hybridized carbons (Fsp3) is 0.118. The van der Waals surface area contributed by atoms with Gasteiger partial charge in [-0.3, -0.25) is 0 Å². The lowest BCUT2D eigenvalue weighted by Crippen LogP contribution is -2.07. The summed E-state index contributed by atoms with van der Waals surface area (Å²) in [7, 11) is 0. The highest BCUT2D eigenvalue weighted by atomic mass is 19.4. The van der Waals surface area contributed by atoms with Crippen LogP contribution in [0, 0.1) is 17.1 Å². The highest BCUT2D eigenvalue weighted by Gasteiger charge is 2.31. The van der Waals surface area contributed by atoms with Gasteiger partial charge in [0.05, 0.1) is 5.56 Å². The first-order valence-corrected chi connectivity index (χ1v) is 7.28. The molecule has 0 spiro atoms. The van der Waals surface area contributed by atoms with Gasteiger partial charge in [0.2, 0.25) is 0 Å². The number of H-pyrrole nitrogens is 1. The van der Waals surface area contributed by atoms with Gasteiger partial charge in [-0.25, -0.2) is 9.49 Å². The summed E-state index contributed by atoms with van der Waals surface area (Å²) >= 11 is 0. The van der Waals surface area contributed by atoms with Crippen LogP contribution in [0.2, 0.25) is 0 Å². The molecule has 132 valence electrons. The molecule has 5 nitrogen and oxygen atoms in total. The smallest absolute Gasteiger partial charge is 0.416 e. The molecule has 1 N–H and O–H groups in total. The number of rotatable bonds is 4. The van der Waals surface area contributed by atoms with Crippen molar-refractivity contribution in [2.45, 2.75) is 12.8 Å². The molecule has 3 rings (SSSR count). The van der Waals surface area contributed by atoms with E-state index in [0.29, 0.717) is 23.1 Å². The lowest BCUT2D eigenvalue weighted by molar-refractivity contribution is -0.137. The molecule has 9 heteroatoms. The van der Waals surface area contributed by atoms with Gasteiger partial charge in [-0.1, -0.05) is 23.4 Å². The number of nitriles is 1. The summed E-state index contributed by atoms with van der Waals surface area (Å²) in [6, 6.07) is 10.7. The summed E-state index contributed by atoms with van der Waals surface area (Å²) < 4.78 is 57.0. The standard InChI is InChI=1S/C17H10F4N4O/c18-14-7-12(17(19,20)21)5-4-11(14)9-26-13-3-1-2-10(6-13)16-15(8-22)23-25-24-16/h1-7H,9H2,(H,23,24,25). The molecule has 0 radical (unpaired) electrons. The van der Waals surface area contributed by atoms with Crippen LogP contribution in [0.3, 0.4) is 0 Å². The molecule has 0 saturated heterocycles. The normalized spacial score (nSPS) is 11.2. The Hall–Kier alpha value is -3.41. The van der Waals surface area contributed by atoms with E-state index in [-0.39, 0.29) is 17.9 Å². The monoisotopic (exact) mass is 362 g/mol. The largest absolute Gasteiger partial charge is 0.489 e. The summed E-state index contributed by atoms with van der Waals surface area (Å²) in [4.78, 5) is 0. The topological polar surface area (TPSA) is 74.6 Å². The minimum atomic E-state index is -4.61. The van der Waals surface area contributed by atoms with E-state index in [1.54, 1.807) is 24.3 Å². The third kappa shape index (κ3) is 3.64. The van der Waals surface area contributed by atoms with E-state index in [2.05, 4.69) is 15.4 Å². The zero-order valence-corrected chi connectivity index (χ0v) is 13.0. The number of alkyl halides is 3. The van der Waals surface area contributed by atoms with E-state index < -0.39 is 17.6 Å². The number of benzene rings is 2. The van der Waals surface area contributed by atoms with Crippen molar-refractivity contribution in [2.24, 2.45) is 0 Å². The van der Waals surface area contributed by atoms with Crippen molar-refractivity contribution in [3.05, 3.63) is 65.1 Å². The van der Waals surface area contributed by atoms with Crippen molar-refractivity contribution < 1.29 is 22.3 Å². The molecule has 0 unspecified atom stereocenters. The second-order valence-corrected chi connectivity index (χ2v) is 5.27. The minimum absolute atomic E-state index is 0.0115. The Bertz CT molecular complexity index is 975. The van der Waals surface area contributed by atoms with E-state index in [4.69, 9.17) is 10.00 Å². The van der Waals surface area contributed by atoms with Crippen LogP contribution in [-0.4, -0.2) is 15.4 Å². The highest BCUT2D eigenvalue weighted by Crippen LogP contribution is 2.30. The van der Waals surface area contributed by atoms with Gasteiger partial charge in [-0.2, -0.15) is 18.4 Å². The molecular weight excluding hydrogens is 352 g/mol. The molecule has 3 aromatic rings. The van der Waals surface area contributed by atoms with Gasteiger partial charge in [0.1, 0.15) is 29.9 Å². The maximum Gasteiger partial charge on any atom is 0.416 e. The van der Waals surface area contributed by atoms with Gasteiger partial charge >= 0.3 is 6.18 Å². The van der Waals surface area contributed by atoms with E-state index in [1.807, 2.05) is 6.07 Å². The Labute approximate surface area is 144 Å². The fourth-order valence-electron chi connectivity index (χ4n) is 2.24. The first-order valence-electron chi connectivity index (χ1n) is 7.28. The number of hydrogen-bond acceptors (Lipinski definition) is 4. The van der Waals surface area contributed by atoms with Crippen LogP contribution in [0.1, 0.15) is 16.8 Å². The van der Waals surface area contributed by atoms with Crippen LogP contribution in [-0.2, 0) is 12.8 Å². The molecule has 1 aromatic heterocycles. The molecule has 0 saturated carbocycles. The molecule has 26 heavy (non-hydrogen) atoms. The number of nitrogens with one attached hydrogen (secondary N) is 1. The van der Waals surface area contributed by atoms with Crippen molar-refractivity contribution >= 4 is 0 Å². The van der Waals surface area contributed by atoms with Crippen LogP contribution >= 0.6 is 0 Å². The molecule has 0 atom stereocenters. The molecule has 1 heterocycles. The predicted octanol–water partition coefficient (Wildman–Crippen LogP) is 4.08. The van der Waals surface area contributed by atoms with Crippen LogP contribution in [0.25, 0.3) is 11.3 Å². The van der Waals surface area contributed by atoms with Crippen molar-refractivity contribution in [1.82, 2.24) is 15.4 Å². The average Bonchev–Trinajstić information content (AvgIpc) is 3.09. The lowest BCUT2D eigenvalue weighted by Gasteiger charge is -2.11. The maximum absolute atomic E-state index is 13.8. The second kappa shape index (κ2) is 6.84. The molecule has 0 fully saturated rings. The zero-order chi connectivity index (χ0) is 18.7. The molecule has 2 aromatic carbocycles. The molecular formula is C17H10F4N4O. The molecule has 0 aliphatic rings. The van der Waals surface area contributed by atoms with Crippen LogP contribution in [0.15, 0.2) is 42.5 Å². The lowest BCUT2D eigenvalue weighted by atomic mass is 10.1. The number of hydrogen-bond donors (Lipinski definition) is 1. The summed E-state index contributed by atoms with van der Waals surface area (Å²) in [5.74, 6) is -0.659. The van der Waals surface area contributed by atoms with Crippen molar-refractivity contribution in [3.63, 3.8) is 0 Å². The number of aromatic amines is 1. The Morgan fingerprint density at radius 2 is 1.96 bits per heavy atom. The van der Waals surface area contributed by atoms with Crippen LogP contribution in [0.4, 0.5) is 17.6 Å². The van der Waals surface area contributed by atoms with E-state index in [1.165, 1.54) is 0 Å². The van der Waals surface area contributed by atoms with Gasteiger partial charge in [0, 0.05) is 11.1 Å². The zero-order valence-electron chi connectivity index (χ0n) is 13.0. The fourth-order valence-corrected chi connectivity index (χ4v) is 2.24. The summed E-state index contributed by atoms with van der Waals surface area (Å²) in [5.41, 5.74) is -0.00588. The van der Waals surface area contributed by atoms with E-state index >= 15 is 0 Å². The Morgan fingerprint density at radius 3 is 2.65 bits per heavy atom. The number of aromatic nitrogens is 3. The van der Waals surface area contributed by atoms with Gasteiger partial charge in [-0.05, 0) is 24.3 Å². The van der Waals surface area contributed by atoms with Gasteiger partial charge in [0.15, 0.2) is 5.69 Å². The van der Waals surface area contributed by atoms with Gasteiger partial charge in [-0.15, -0.1) is 5.10 Å². The van der Waals surface area contributed by atoms with Crippen molar-refractivity contribution in [3.8, 4) is 23.1 Å². The number of halogens is 4. The maximum atomic E-state index is 13.8. The molecule has 0 bridgehead atoms. The second-order valence-electron chi connectivity index (χ2n) is 5.27. The average molecular weight is 362 g/mol. The minimum Gasteiger partial charge on any atom is -0.489 e. The van der Waals surface area contributed by atoms with Crippen LogP contribution in [0.5, 0.6) is 5.75 Å². The van der Waals surface area contributed by atoms with E-state index in [0.717, 1.165) is 12.1 Å². The first-order chi connectivity index (χ1) is 12.4. The Morgan fingerprint density at radius 1 is 1.15 bits per heavy atom. The summed E-state index contributed by atoms with van der Waals surface area (Å²) in [5, 5.41) is 18.8. The van der Waals surface area contributed by atoms with Crippen molar-refractivity contribution in [1.29, 1.82) is 5.26 Å². The Balaban J connectivity index is 1.77. The van der Waals surface area contributed by atoms with Gasteiger partial charge < -0.3 is 4.74 Å². The molecule has 0 amide bonds. The predicted molar refractivity (Wildman–Crippen MR) is 82.3 cm³/mol. The van der Waals surface area contributed by atoms with Crippen molar-refractivity contribution in [2.75, 3.05) is 0 Å². The third-order valence-corrected chi connectivity index (χ3v) is 3.54. The van der Waals surface area contributed by atoms with Crippen LogP contribution < -0.4 is 4.74 Å². The summed E-state index contributed by atoms with van der Waals surface area (Å²) in [6.07, 6.45) is -4.61. The molecule has 0 aliphatic carbocycles. The van der Waals surface area contributed by atoms with Gasteiger partial charge in [0.25, 0.3) is 0 Å². The highest BCUT2D eigenvalue weighted by molar-refractivity contribution is 5.65. The quantitative estimate of drug-likeness (QED) is 0.710. The SMILES string of the molecule is N#Cc1[nH]nnc1-c1cccc(OCc2ccc(C(F)(F)F)cc2F)c1. The number of ether oxygens (including phenoxy) is 1. The summed E-state index contributed by atoms with van der Waals surface area (Å²) in [6.45, 7) is -0.253. The third-order valence-electron chi connectivity index (χ3n) is 3.54. The molecule has 0 aliphatic heterocycles.